The Bertz CT molecular complexity index is 1460. The molecule has 2 heterocycles. The predicted octanol–water partition coefficient (Wildman–Crippen LogP) is 2.74. The average molecular weight is 605 g/mol. The van der Waals surface area contributed by atoms with E-state index in [4.69, 9.17) is 0 Å². The van der Waals surface area contributed by atoms with Gasteiger partial charge in [-0.05, 0) is 34.7 Å². The molecule has 2 aromatic carbocycles. The number of hydrogen-bond acceptors (Lipinski definition) is 4. The predicted molar refractivity (Wildman–Crippen MR) is 150 cm³/mol. The molecule has 230 valence electrons. The molecule has 1 spiro atoms. The van der Waals surface area contributed by atoms with Gasteiger partial charge in [0.05, 0.1) is 6.42 Å². The number of benzene rings is 2. The Morgan fingerprint density at radius 3 is 2.35 bits per heavy atom. The number of carbonyl (C=O) groups is 4. The standard InChI is InChI=1S/C30H33F4N5O4/c1-28(2,3)23(37-27(43)30(32,33)34)24(40)35-21(13-17-9-7-6-8-10-17)25(41)39-16-29(15-22(39)38(4)5)19-14-18(31)11-12-20(19)36-26(29)42/h6-12,14,21-23H,4,13,15-16H2,1-3,5H3,(H2-,35,36,37,40,42,43)/p+1/t21-,22-,23+,29-/m0/s1. The Kier molecular flexibility index (Phi) is 8.40. The Morgan fingerprint density at radius 1 is 1.12 bits per heavy atom. The SMILES string of the molecule is C=[N+](C)[C@@H]1C[C@@]2(CN1C(=O)[C@H](Cc1ccccc1)NC(=O)[C@@H](NC(=O)C(F)(F)F)C(C)(C)C)C(=O)Nc1ccc(F)cc12. The van der Waals surface area contributed by atoms with E-state index in [1.54, 1.807) is 42.7 Å². The smallest absolute Gasteiger partial charge is 0.342 e. The molecule has 0 aromatic heterocycles. The van der Waals surface area contributed by atoms with Gasteiger partial charge in [-0.25, -0.2) is 8.97 Å². The molecule has 2 aromatic rings. The zero-order valence-electron chi connectivity index (χ0n) is 24.2. The normalized spacial score (nSPS) is 21.2. The van der Waals surface area contributed by atoms with Crippen molar-refractivity contribution in [2.75, 3.05) is 18.9 Å². The van der Waals surface area contributed by atoms with Gasteiger partial charge in [-0.1, -0.05) is 51.1 Å². The second-order valence-electron chi connectivity index (χ2n) is 12.2. The number of fused-ring (bicyclic) bond motifs is 2. The van der Waals surface area contributed by atoms with Crippen LogP contribution in [0.1, 0.15) is 38.3 Å². The lowest BCUT2D eigenvalue weighted by molar-refractivity contribution is -0.549. The van der Waals surface area contributed by atoms with Gasteiger partial charge in [0.25, 0.3) is 5.91 Å². The number of anilines is 1. The summed E-state index contributed by atoms with van der Waals surface area (Å²) in [5, 5.41) is 7.08. The third-order valence-corrected chi connectivity index (χ3v) is 7.86. The molecule has 9 nitrogen and oxygen atoms in total. The molecular weight excluding hydrogens is 570 g/mol. The number of nitrogens with zero attached hydrogens (tertiary/aromatic N) is 2. The summed E-state index contributed by atoms with van der Waals surface area (Å²) in [7, 11) is 1.61. The highest BCUT2D eigenvalue weighted by molar-refractivity contribution is 6.07. The van der Waals surface area contributed by atoms with Crippen LogP contribution in [0.4, 0.5) is 23.2 Å². The summed E-state index contributed by atoms with van der Waals surface area (Å²) in [5.41, 5.74) is -0.985. The average Bonchev–Trinajstić information content (AvgIpc) is 3.44. The Labute approximate surface area is 246 Å². The minimum atomic E-state index is -5.23. The molecule has 0 radical (unpaired) electrons. The molecule has 2 aliphatic rings. The summed E-state index contributed by atoms with van der Waals surface area (Å²) in [6.45, 7) is 8.20. The molecule has 0 unspecified atom stereocenters. The van der Waals surface area contributed by atoms with Crippen LogP contribution in [0.3, 0.4) is 0 Å². The van der Waals surface area contributed by atoms with E-state index in [1.807, 2.05) is 0 Å². The number of alkyl halides is 3. The lowest BCUT2D eigenvalue weighted by Crippen LogP contribution is -2.60. The molecule has 0 saturated carbocycles. The summed E-state index contributed by atoms with van der Waals surface area (Å²) in [4.78, 5) is 54.2. The summed E-state index contributed by atoms with van der Waals surface area (Å²) < 4.78 is 55.1. The fourth-order valence-electron chi connectivity index (χ4n) is 5.64. The fraction of sp³-hybridized carbons (Fsp3) is 0.433. The largest absolute Gasteiger partial charge is 0.471 e. The van der Waals surface area contributed by atoms with Crippen molar-refractivity contribution in [1.82, 2.24) is 15.5 Å². The summed E-state index contributed by atoms with van der Waals surface area (Å²) in [5.74, 6) is -4.86. The van der Waals surface area contributed by atoms with Gasteiger partial charge in [0, 0.05) is 18.7 Å². The number of hydrogen-bond donors (Lipinski definition) is 3. The van der Waals surface area contributed by atoms with Crippen LogP contribution >= 0.6 is 0 Å². The van der Waals surface area contributed by atoms with Crippen LogP contribution in [0.5, 0.6) is 0 Å². The molecule has 1 fully saturated rings. The third-order valence-electron chi connectivity index (χ3n) is 7.86. The van der Waals surface area contributed by atoms with Crippen molar-refractivity contribution in [2.24, 2.45) is 5.41 Å². The molecule has 4 atom stereocenters. The van der Waals surface area contributed by atoms with Crippen molar-refractivity contribution in [3.8, 4) is 0 Å². The van der Waals surface area contributed by atoms with Crippen LogP contribution in [0.25, 0.3) is 0 Å². The summed E-state index contributed by atoms with van der Waals surface area (Å²) in [6, 6.07) is 9.64. The van der Waals surface area contributed by atoms with Crippen LogP contribution in [0.2, 0.25) is 0 Å². The topological polar surface area (TPSA) is 111 Å². The van der Waals surface area contributed by atoms with E-state index in [0.29, 0.717) is 16.8 Å². The molecule has 4 amide bonds. The number of amides is 4. The van der Waals surface area contributed by atoms with Crippen LogP contribution in [-0.4, -0.2) is 77.8 Å². The first kappa shape index (κ1) is 31.6. The van der Waals surface area contributed by atoms with Gasteiger partial charge in [0.2, 0.25) is 18.0 Å². The maximum Gasteiger partial charge on any atom is 0.471 e. The zero-order chi connectivity index (χ0) is 31.9. The van der Waals surface area contributed by atoms with E-state index in [1.165, 1.54) is 48.4 Å². The maximum absolute atomic E-state index is 14.3. The molecule has 0 aliphatic carbocycles. The van der Waals surface area contributed by atoms with Crippen molar-refractivity contribution in [3.05, 3.63) is 65.5 Å². The van der Waals surface area contributed by atoms with Gasteiger partial charge in [-0.2, -0.15) is 13.2 Å². The number of halogens is 4. The monoisotopic (exact) mass is 604 g/mol. The molecular formula is C30H34F4N5O4+. The van der Waals surface area contributed by atoms with Crippen LogP contribution in [-0.2, 0) is 31.0 Å². The van der Waals surface area contributed by atoms with E-state index in [-0.39, 0.29) is 19.4 Å². The first-order valence-corrected chi connectivity index (χ1v) is 13.6. The van der Waals surface area contributed by atoms with Crippen LogP contribution < -0.4 is 16.0 Å². The summed E-state index contributed by atoms with van der Waals surface area (Å²) >= 11 is 0. The van der Waals surface area contributed by atoms with Crippen molar-refractivity contribution in [2.45, 2.75) is 63.5 Å². The molecule has 0 bridgehead atoms. The fourth-order valence-corrected chi connectivity index (χ4v) is 5.64. The Hall–Kier alpha value is -4.29. The molecule has 3 N–H and O–H groups in total. The first-order valence-electron chi connectivity index (χ1n) is 13.6. The lowest BCUT2D eigenvalue weighted by atomic mass is 9.80. The second-order valence-corrected chi connectivity index (χ2v) is 12.2. The first-order chi connectivity index (χ1) is 19.9. The Morgan fingerprint density at radius 2 is 1.77 bits per heavy atom. The molecule has 2 aliphatic heterocycles. The van der Waals surface area contributed by atoms with E-state index < -0.39 is 64.7 Å². The highest BCUT2D eigenvalue weighted by atomic mass is 19.4. The molecule has 43 heavy (non-hydrogen) atoms. The van der Waals surface area contributed by atoms with E-state index in [2.05, 4.69) is 17.4 Å². The highest BCUT2D eigenvalue weighted by Crippen LogP contribution is 2.46. The van der Waals surface area contributed by atoms with E-state index in [9.17, 15) is 36.7 Å². The number of nitrogens with one attached hydrogen (secondary N) is 3. The van der Waals surface area contributed by atoms with E-state index in [0.717, 1.165) is 0 Å². The van der Waals surface area contributed by atoms with Crippen molar-refractivity contribution in [1.29, 1.82) is 0 Å². The van der Waals surface area contributed by atoms with Crippen LogP contribution in [0, 0.1) is 11.2 Å². The Balaban J connectivity index is 1.70. The van der Waals surface area contributed by atoms with Gasteiger partial charge in [-0.3, -0.25) is 24.1 Å². The second kappa shape index (κ2) is 11.4. The molecule has 1 saturated heterocycles. The third kappa shape index (κ3) is 6.40. The maximum atomic E-state index is 14.3. The van der Waals surface area contributed by atoms with Crippen LogP contribution in [0.15, 0.2) is 48.5 Å². The summed E-state index contributed by atoms with van der Waals surface area (Å²) in [6.07, 6.45) is -5.93. The van der Waals surface area contributed by atoms with Gasteiger partial charge in [0.15, 0.2) is 0 Å². The van der Waals surface area contributed by atoms with Gasteiger partial charge in [0.1, 0.15) is 37.1 Å². The quantitative estimate of drug-likeness (QED) is 0.257. The number of likely N-dealkylation sites (tertiary alicyclic amines) is 1. The minimum absolute atomic E-state index is 0.0377. The molecule has 13 heteroatoms. The van der Waals surface area contributed by atoms with Crippen molar-refractivity contribution >= 4 is 36.0 Å². The minimum Gasteiger partial charge on any atom is -0.342 e. The van der Waals surface area contributed by atoms with Gasteiger partial charge >= 0.3 is 12.1 Å². The molecule has 4 rings (SSSR count). The van der Waals surface area contributed by atoms with Gasteiger partial charge < -0.3 is 16.0 Å². The zero-order valence-corrected chi connectivity index (χ0v) is 24.2. The number of rotatable bonds is 7. The van der Waals surface area contributed by atoms with Gasteiger partial charge in [-0.15, -0.1) is 0 Å². The van der Waals surface area contributed by atoms with E-state index >= 15 is 0 Å². The lowest BCUT2D eigenvalue weighted by Gasteiger charge is -2.33. The van der Waals surface area contributed by atoms with Crippen molar-refractivity contribution in [3.63, 3.8) is 0 Å². The number of carbonyl (C=O) groups excluding carboxylic acids is 4. The highest BCUT2D eigenvalue weighted by Gasteiger charge is 2.59. The van der Waals surface area contributed by atoms with Crippen molar-refractivity contribution < 1.29 is 41.3 Å².